The second-order valence-corrected chi connectivity index (χ2v) is 5.92. The number of halogens is 1. The van der Waals surface area contributed by atoms with Crippen molar-refractivity contribution < 1.29 is 19.0 Å². The first-order valence-electron chi connectivity index (χ1n) is 8.39. The van der Waals surface area contributed by atoms with Crippen molar-refractivity contribution in [3.05, 3.63) is 53.1 Å². The molecule has 0 bridgehead atoms. The Balaban J connectivity index is 0.00000364. The van der Waals surface area contributed by atoms with E-state index in [9.17, 15) is 4.79 Å². The second kappa shape index (κ2) is 10.6. The molecule has 0 aliphatic carbocycles. The van der Waals surface area contributed by atoms with E-state index in [2.05, 4.69) is 5.32 Å². The first-order valence-corrected chi connectivity index (χ1v) is 8.39. The van der Waals surface area contributed by atoms with Crippen molar-refractivity contribution in [1.82, 2.24) is 5.32 Å². The summed E-state index contributed by atoms with van der Waals surface area (Å²) in [6, 6.07) is 10.6. The summed E-state index contributed by atoms with van der Waals surface area (Å²) in [6.07, 6.45) is 0.579. The van der Waals surface area contributed by atoms with Crippen LogP contribution in [0.3, 0.4) is 0 Å². The fourth-order valence-corrected chi connectivity index (χ4v) is 2.72. The van der Waals surface area contributed by atoms with Crippen molar-refractivity contribution in [3.63, 3.8) is 0 Å². The Hall–Kier alpha value is -2.44. The number of nitrogens with two attached hydrogens (primary N) is 1. The summed E-state index contributed by atoms with van der Waals surface area (Å²) in [7, 11) is 4.71. The van der Waals surface area contributed by atoms with Gasteiger partial charge in [0.2, 0.25) is 11.7 Å². The summed E-state index contributed by atoms with van der Waals surface area (Å²) in [5, 5.41) is 2.87. The van der Waals surface area contributed by atoms with Crippen LogP contribution in [0.15, 0.2) is 36.4 Å². The van der Waals surface area contributed by atoms with Crippen LogP contribution >= 0.6 is 12.4 Å². The molecular weight excluding hydrogens is 368 g/mol. The van der Waals surface area contributed by atoms with Crippen LogP contribution in [0.5, 0.6) is 17.2 Å². The maximum Gasteiger partial charge on any atom is 0.241 e. The van der Waals surface area contributed by atoms with Gasteiger partial charge in [-0.05, 0) is 25.0 Å². The predicted molar refractivity (Wildman–Crippen MR) is 108 cm³/mol. The summed E-state index contributed by atoms with van der Waals surface area (Å²) in [5.41, 5.74) is 8.86. The zero-order valence-corrected chi connectivity index (χ0v) is 16.9. The first-order chi connectivity index (χ1) is 12.5. The molecule has 0 saturated heterocycles. The van der Waals surface area contributed by atoms with E-state index in [1.807, 2.05) is 43.3 Å². The molecule has 0 saturated carbocycles. The van der Waals surface area contributed by atoms with Crippen molar-refractivity contribution >= 4 is 18.3 Å². The number of methoxy groups -OCH3 is 3. The summed E-state index contributed by atoms with van der Waals surface area (Å²) in [6.45, 7) is 2.43. The van der Waals surface area contributed by atoms with Crippen LogP contribution in [0, 0.1) is 6.92 Å². The number of ether oxygens (including phenoxy) is 3. The second-order valence-electron chi connectivity index (χ2n) is 5.92. The van der Waals surface area contributed by atoms with Gasteiger partial charge in [-0.25, -0.2) is 0 Å². The molecule has 7 heteroatoms. The van der Waals surface area contributed by atoms with Gasteiger partial charge in [-0.3, -0.25) is 4.79 Å². The van der Waals surface area contributed by atoms with Gasteiger partial charge in [-0.1, -0.05) is 35.9 Å². The standard InChI is InChI=1S/C20H26N2O4.ClH/c1-13-5-7-14(8-6-13)17(21)20(23)22-12-11-15-9-10-16(24-2)19(26-4)18(15)25-3;/h5-10,17H,11-12,21H2,1-4H3,(H,22,23);1H. The van der Waals surface area contributed by atoms with Crippen molar-refractivity contribution in [1.29, 1.82) is 0 Å². The van der Waals surface area contributed by atoms with E-state index in [1.165, 1.54) is 0 Å². The fourth-order valence-electron chi connectivity index (χ4n) is 2.72. The Labute approximate surface area is 166 Å². The molecule has 1 atom stereocenters. The Bertz CT molecular complexity index is 750. The van der Waals surface area contributed by atoms with Crippen LogP contribution in [0.25, 0.3) is 0 Å². The number of carbonyl (C=O) groups excluding carboxylic acids is 1. The molecule has 0 aliphatic rings. The van der Waals surface area contributed by atoms with E-state index in [4.69, 9.17) is 19.9 Å². The molecule has 0 spiro atoms. The van der Waals surface area contributed by atoms with Gasteiger partial charge in [0.15, 0.2) is 11.5 Å². The number of rotatable bonds is 8. The zero-order valence-electron chi connectivity index (χ0n) is 16.1. The minimum Gasteiger partial charge on any atom is -0.493 e. The van der Waals surface area contributed by atoms with Gasteiger partial charge >= 0.3 is 0 Å². The molecule has 3 N–H and O–H groups in total. The molecule has 1 unspecified atom stereocenters. The molecule has 2 aromatic carbocycles. The largest absolute Gasteiger partial charge is 0.493 e. The molecule has 0 heterocycles. The summed E-state index contributed by atoms with van der Waals surface area (Å²) < 4.78 is 16.1. The van der Waals surface area contributed by atoms with Crippen molar-refractivity contribution in [3.8, 4) is 17.2 Å². The summed E-state index contributed by atoms with van der Waals surface area (Å²) in [4.78, 5) is 12.3. The minimum absolute atomic E-state index is 0. The lowest BCUT2D eigenvalue weighted by atomic mass is 10.0. The Morgan fingerprint density at radius 1 is 1.00 bits per heavy atom. The topological polar surface area (TPSA) is 82.8 Å². The number of carbonyl (C=O) groups is 1. The minimum atomic E-state index is -0.692. The molecule has 0 aliphatic heterocycles. The lowest BCUT2D eigenvalue weighted by Crippen LogP contribution is -2.35. The monoisotopic (exact) mass is 394 g/mol. The average Bonchev–Trinajstić information content (AvgIpc) is 2.67. The highest BCUT2D eigenvalue weighted by atomic mass is 35.5. The Morgan fingerprint density at radius 3 is 2.19 bits per heavy atom. The van der Waals surface area contributed by atoms with Gasteiger partial charge in [0.25, 0.3) is 0 Å². The number of amides is 1. The third kappa shape index (κ3) is 5.52. The highest BCUT2D eigenvalue weighted by Gasteiger charge is 2.17. The number of hydrogen-bond acceptors (Lipinski definition) is 5. The number of benzene rings is 2. The maximum atomic E-state index is 12.3. The zero-order chi connectivity index (χ0) is 19.1. The smallest absolute Gasteiger partial charge is 0.241 e. The molecule has 27 heavy (non-hydrogen) atoms. The Kier molecular flexibility index (Phi) is 8.91. The lowest BCUT2D eigenvalue weighted by Gasteiger charge is -2.16. The molecule has 2 rings (SSSR count). The predicted octanol–water partition coefficient (Wildman–Crippen LogP) is 2.80. The van der Waals surface area contributed by atoms with Crippen LogP contribution in [-0.2, 0) is 11.2 Å². The molecule has 6 nitrogen and oxygen atoms in total. The van der Waals surface area contributed by atoms with Crippen LogP contribution in [0.4, 0.5) is 0 Å². The van der Waals surface area contributed by atoms with E-state index in [0.29, 0.717) is 30.2 Å². The van der Waals surface area contributed by atoms with Crippen LogP contribution in [0.2, 0.25) is 0 Å². The van der Waals surface area contributed by atoms with Crippen LogP contribution < -0.4 is 25.3 Å². The lowest BCUT2D eigenvalue weighted by molar-refractivity contribution is -0.122. The molecule has 2 aromatic rings. The number of aryl methyl sites for hydroxylation is 1. The van der Waals surface area contributed by atoms with Gasteiger partial charge in [-0.15, -0.1) is 12.4 Å². The van der Waals surface area contributed by atoms with Crippen molar-refractivity contribution in [2.75, 3.05) is 27.9 Å². The van der Waals surface area contributed by atoms with Gasteiger partial charge < -0.3 is 25.3 Å². The fraction of sp³-hybridized carbons (Fsp3) is 0.350. The molecule has 0 aromatic heterocycles. The molecule has 0 fully saturated rings. The van der Waals surface area contributed by atoms with E-state index in [-0.39, 0.29) is 18.3 Å². The molecular formula is C20H27ClN2O4. The first kappa shape index (κ1) is 22.6. The number of hydrogen-bond donors (Lipinski definition) is 2. The van der Waals surface area contributed by atoms with Crippen molar-refractivity contribution in [2.45, 2.75) is 19.4 Å². The molecule has 148 valence electrons. The van der Waals surface area contributed by atoms with E-state index in [1.54, 1.807) is 21.3 Å². The summed E-state index contributed by atoms with van der Waals surface area (Å²) in [5.74, 6) is 1.52. The van der Waals surface area contributed by atoms with E-state index >= 15 is 0 Å². The van der Waals surface area contributed by atoms with Crippen LogP contribution in [0.1, 0.15) is 22.7 Å². The van der Waals surface area contributed by atoms with Crippen molar-refractivity contribution in [2.24, 2.45) is 5.73 Å². The maximum absolute atomic E-state index is 12.3. The highest BCUT2D eigenvalue weighted by molar-refractivity contribution is 5.85. The van der Waals surface area contributed by atoms with E-state index < -0.39 is 6.04 Å². The highest BCUT2D eigenvalue weighted by Crippen LogP contribution is 2.39. The van der Waals surface area contributed by atoms with Gasteiger partial charge in [0.05, 0.1) is 21.3 Å². The van der Waals surface area contributed by atoms with Gasteiger partial charge in [0, 0.05) is 12.1 Å². The normalized spacial score (nSPS) is 11.1. The SMILES string of the molecule is COc1ccc(CCNC(=O)C(N)c2ccc(C)cc2)c(OC)c1OC.Cl. The Morgan fingerprint density at radius 2 is 1.63 bits per heavy atom. The van der Waals surface area contributed by atoms with Gasteiger partial charge in [-0.2, -0.15) is 0 Å². The summed E-state index contributed by atoms with van der Waals surface area (Å²) >= 11 is 0. The third-order valence-corrected chi connectivity index (χ3v) is 4.20. The third-order valence-electron chi connectivity index (χ3n) is 4.20. The number of nitrogens with one attached hydrogen (secondary N) is 1. The average molecular weight is 395 g/mol. The molecule has 0 radical (unpaired) electrons. The van der Waals surface area contributed by atoms with Gasteiger partial charge in [0.1, 0.15) is 6.04 Å². The quantitative estimate of drug-likeness (QED) is 0.719. The molecule has 1 amide bonds. The van der Waals surface area contributed by atoms with E-state index in [0.717, 1.165) is 16.7 Å². The van der Waals surface area contributed by atoms with Crippen LogP contribution in [-0.4, -0.2) is 33.8 Å².